The average Bonchev–Trinajstić information content (AvgIpc) is 2.78. The van der Waals surface area contributed by atoms with Crippen molar-refractivity contribution in [3.05, 3.63) is 18.0 Å². The van der Waals surface area contributed by atoms with Crippen molar-refractivity contribution in [1.29, 1.82) is 5.26 Å². The van der Waals surface area contributed by atoms with Gasteiger partial charge in [-0.05, 0) is 6.92 Å². The molecule has 18 heavy (non-hydrogen) atoms. The molecule has 1 amide bonds. The molecule has 0 saturated carbocycles. The first kappa shape index (κ1) is 13.7. The van der Waals surface area contributed by atoms with Crippen LogP contribution >= 0.6 is 0 Å². The Kier molecular flexibility index (Phi) is 5.38. The zero-order valence-electron chi connectivity index (χ0n) is 10.0. The van der Waals surface area contributed by atoms with Crippen LogP contribution in [0.2, 0.25) is 0 Å². The number of carbonyl (C=O) groups excluding carboxylic acids is 2. The predicted octanol–water partition coefficient (Wildman–Crippen LogP) is 0.0897. The smallest absolute Gasteiger partial charge is 0.341 e. The Morgan fingerprint density at radius 1 is 1.61 bits per heavy atom. The second-order valence-electron chi connectivity index (χ2n) is 3.41. The number of nitrogens with zero attached hydrogens (tertiary/aromatic N) is 3. The third kappa shape index (κ3) is 4.25. The summed E-state index contributed by atoms with van der Waals surface area (Å²) in [6.07, 6.45) is 3.06. The molecule has 0 fully saturated rings. The first-order valence-corrected chi connectivity index (χ1v) is 5.50. The Balaban J connectivity index is 2.46. The summed E-state index contributed by atoms with van der Waals surface area (Å²) in [5, 5.41) is 14.7. The third-order valence-electron chi connectivity index (χ3n) is 2.01. The summed E-state index contributed by atoms with van der Waals surface area (Å²) < 4.78 is 6.14. The van der Waals surface area contributed by atoms with Gasteiger partial charge in [0, 0.05) is 12.7 Å². The first-order chi connectivity index (χ1) is 8.67. The van der Waals surface area contributed by atoms with E-state index >= 15 is 0 Å². The van der Waals surface area contributed by atoms with E-state index in [1.54, 1.807) is 6.92 Å². The van der Waals surface area contributed by atoms with E-state index in [4.69, 9.17) is 10.00 Å². The van der Waals surface area contributed by atoms with Crippen LogP contribution in [0.1, 0.15) is 23.7 Å². The van der Waals surface area contributed by atoms with Crippen LogP contribution in [-0.2, 0) is 16.1 Å². The molecule has 1 N–H and O–H groups in total. The molecule has 1 heterocycles. The minimum absolute atomic E-state index is 0.00480. The zero-order valence-corrected chi connectivity index (χ0v) is 10.0. The van der Waals surface area contributed by atoms with E-state index in [2.05, 4.69) is 10.4 Å². The Hall–Kier alpha value is -2.36. The fraction of sp³-hybridized carbons (Fsp3) is 0.455. The molecule has 0 radical (unpaired) electrons. The number of nitrogens with one attached hydrogen (secondary N) is 1. The standard InChI is InChI=1S/C11H14N4O3/c1-2-18-11(17)9-6-14-15(7-9)8-10(16)13-5-3-4-12/h6-7H,2-3,5,8H2,1H3,(H,13,16). The van der Waals surface area contributed by atoms with E-state index in [9.17, 15) is 9.59 Å². The molecule has 7 heteroatoms. The maximum absolute atomic E-state index is 11.4. The Morgan fingerprint density at radius 3 is 3.06 bits per heavy atom. The van der Waals surface area contributed by atoms with Crippen LogP contribution in [0.4, 0.5) is 0 Å². The Morgan fingerprint density at radius 2 is 2.39 bits per heavy atom. The molecule has 0 aliphatic heterocycles. The van der Waals surface area contributed by atoms with Gasteiger partial charge in [0.05, 0.1) is 30.9 Å². The van der Waals surface area contributed by atoms with Crippen molar-refractivity contribution in [2.45, 2.75) is 19.9 Å². The van der Waals surface area contributed by atoms with Gasteiger partial charge in [-0.2, -0.15) is 10.4 Å². The summed E-state index contributed by atoms with van der Waals surface area (Å²) >= 11 is 0. The molecule has 1 aromatic rings. The van der Waals surface area contributed by atoms with Crippen molar-refractivity contribution >= 4 is 11.9 Å². The Bertz CT molecular complexity index is 461. The number of nitriles is 1. The van der Waals surface area contributed by atoms with Crippen LogP contribution in [-0.4, -0.2) is 34.8 Å². The lowest BCUT2D eigenvalue weighted by Crippen LogP contribution is -2.28. The molecule has 0 spiro atoms. The van der Waals surface area contributed by atoms with Crippen molar-refractivity contribution in [1.82, 2.24) is 15.1 Å². The molecule has 0 atom stereocenters. The van der Waals surface area contributed by atoms with E-state index in [1.165, 1.54) is 17.1 Å². The molecule has 0 aliphatic rings. The fourth-order valence-electron chi connectivity index (χ4n) is 1.23. The summed E-state index contributed by atoms with van der Waals surface area (Å²) in [6, 6.07) is 1.92. The van der Waals surface area contributed by atoms with Gasteiger partial charge in [0.25, 0.3) is 0 Å². The van der Waals surface area contributed by atoms with Crippen molar-refractivity contribution in [3.63, 3.8) is 0 Å². The quantitative estimate of drug-likeness (QED) is 0.570. The van der Waals surface area contributed by atoms with Gasteiger partial charge in [-0.3, -0.25) is 9.48 Å². The highest BCUT2D eigenvalue weighted by Gasteiger charge is 2.10. The highest BCUT2D eigenvalue weighted by molar-refractivity contribution is 5.88. The van der Waals surface area contributed by atoms with Gasteiger partial charge in [-0.15, -0.1) is 0 Å². The second kappa shape index (κ2) is 7.06. The number of aromatic nitrogens is 2. The minimum Gasteiger partial charge on any atom is -0.462 e. The number of esters is 1. The average molecular weight is 250 g/mol. The normalized spacial score (nSPS) is 9.56. The number of hydrogen-bond donors (Lipinski definition) is 1. The predicted molar refractivity (Wildman–Crippen MR) is 61.4 cm³/mol. The highest BCUT2D eigenvalue weighted by atomic mass is 16.5. The van der Waals surface area contributed by atoms with E-state index in [0.29, 0.717) is 18.7 Å². The van der Waals surface area contributed by atoms with E-state index < -0.39 is 5.97 Å². The zero-order chi connectivity index (χ0) is 13.4. The van der Waals surface area contributed by atoms with Gasteiger partial charge in [0.15, 0.2) is 0 Å². The monoisotopic (exact) mass is 250 g/mol. The van der Waals surface area contributed by atoms with Gasteiger partial charge < -0.3 is 10.1 Å². The molecule has 1 rings (SSSR count). The summed E-state index contributed by atoms with van der Waals surface area (Å²) in [4.78, 5) is 22.7. The minimum atomic E-state index is -0.464. The van der Waals surface area contributed by atoms with Crippen molar-refractivity contribution in [3.8, 4) is 6.07 Å². The maximum Gasteiger partial charge on any atom is 0.341 e. The van der Waals surface area contributed by atoms with Crippen molar-refractivity contribution in [2.24, 2.45) is 0 Å². The molecule has 96 valence electrons. The number of amides is 1. The lowest BCUT2D eigenvalue weighted by molar-refractivity contribution is -0.121. The van der Waals surface area contributed by atoms with Gasteiger partial charge in [0.2, 0.25) is 5.91 Å². The summed E-state index contributed by atoms with van der Waals surface area (Å²) in [5.41, 5.74) is 0.307. The molecular weight excluding hydrogens is 236 g/mol. The van der Waals surface area contributed by atoms with E-state index in [-0.39, 0.29) is 18.9 Å². The highest BCUT2D eigenvalue weighted by Crippen LogP contribution is 2.00. The van der Waals surface area contributed by atoms with Gasteiger partial charge in [-0.1, -0.05) is 0 Å². The number of hydrogen-bond acceptors (Lipinski definition) is 5. The van der Waals surface area contributed by atoms with Gasteiger partial charge in [-0.25, -0.2) is 4.79 Å². The first-order valence-electron chi connectivity index (χ1n) is 5.50. The van der Waals surface area contributed by atoms with Crippen LogP contribution in [0.15, 0.2) is 12.4 Å². The summed E-state index contributed by atoms with van der Waals surface area (Å²) in [5.74, 6) is -0.725. The topological polar surface area (TPSA) is 97.0 Å². The summed E-state index contributed by atoms with van der Waals surface area (Å²) in [7, 11) is 0. The lowest BCUT2D eigenvalue weighted by Gasteiger charge is -2.02. The van der Waals surface area contributed by atoms with Crippen LogP contribution in [0.5, 0.6) is 0 Å². The second-order valence-corrected chi connectivity index (χ2v) is 3.41. The molecule has 0 aliphatic carbocycles. The molecular formula is C11H14N4O3. The van der Waals surface area contributed by atoms with Crippen LogP contribution in [0.3, 0.4) is 0 Å². The lowest BCUT2D eigenvalue weighted by atomic mass is 10.4. The summed E-state index contributed by atoms with van der Waals surface area (Å²) in [6.45, 7) is 2.32. The Labute approximate surface area is 104 Å². The molecule has 0 bridgehead atoms. The fourth-order valence-corrected chi connectivity index (χ4v) is 1.23. The maximum atomic E-state index is 11.4. The molecule has 1 aromatic heterocycles. The van der Waals surface area contributed by atoms with E-state index in [0.717, 1.165) is 0 Å². The third-order valence-corrected chi connectivity index (χ3v) is 2.01. The van der Waals surface area contributed by atoms with Crippen LogP contribution in [0, 0.1) is 11.3 Å². The molecule has 0 aromatic carbocycles. The molecule has 0 saturated heterocycles. The SMILES string of the molecule is CCOC(=O)c1cnn(CC(=O)NCCC#N)c1. The van der Waals surface area contributed by atoms with E-state index in [1.807, 2.05) is 6.07 Å². The van der Waals surface area contributed by atoms with Crippen LogP contribution < -0.4 is 5.32 Å². The van der Waals surface area contributed by atoms with Crippen LogP contribution in [0.25, 0.3) is 0 Å². The molecule has 7 nitrogen and oxygen atoms in total. The number of carbonyl (C=O) groups is 2. The largest absolute Gasteiger partial charge is 0.462 e. The molecule has 0 unspecified atom stereocenters. The van der Waals surface area contributed by atoms with Crippen molar-refractivity contribution in [2.75, 3.05) is 13.2 Å². The van der Waals surface area contributed by atoms with Crippen molar-refractivity contribution < 1.29 is 14.3 Å². The number of ether oxygens (including phenoxy) is 1. The van der Waals surface area contributed by atoms with Gasteiger partial charge >= 0.3 is 5.97 Å². The van der Waals surface area contributed by atoms with Gasteiger partial charge in [0.1, 0.15) is 6.54 Å². The number of rotatable bonds is 6.